The van der Waals surface area contributed by atoms with Gasteiger partial charge in [-0.25, -0.2) is 4.79 Å². The lowest BCUT2D eigenvalue weighted by atomic mass is 10.2. The summed E-state index contributed by atoms with van der Waals surface area (Å²) in [7, 11) is 4.11. The molecule has 7 heteroatoms. The molecule has 1 aromatic heterocycles. The van der Waals surface area contributed by atoms with E-state index in [0.29, 0.717) is 0 Å². The van der Waals surface area contributed by atoms with Crippen LogP contribution < -0.4 is 0 Å². The van der Waals surface area contributed by atoms with Gasteiger partial charge in [-0.1, -0.05) is 5.16 Å². The van der Waals surface area contributed by atoms with E-state index >= 15 is 0 Å². The molecule has 0 saturated carbocycles. The number of nitrogens with zero attached hydrogens (tertiary/aromatic N) is 1. The molecule has 15 heavy (non-hydrogen) atoms. The largest absolute Gasteiger partial charge is 0.465 e. The molecule has 0 fully saturated rings. The molecule has 0 unspecified atom stereocenters. The monoisotopic (exact) mass is 279 g/mol. The van der Waals surface area contributed by atoms with Gasteiger partial charge in [0.25, 0.3) is 0 Å². The minimum absolute atomic E-state index is 0.159. The van der Waals surface area contributed by atoms with Crippen molar-refractivity contribution in [2.24, 2.45) is 0 Å². The van der Waals surface area contributed by atoms with E-state index in [1.165, 1.54) is 21.3 Å². The predicted octanol–water partition coefficient (Wildman–Crippen LogP) is 1.52. The zero-order chi connectivity index (χ0) is 11.4. The summed E-state index contributed by atoms with van der Waals surface area (Å²) in [4.78, 5) is 11.4. The lowest BCUT2D eigenvalue weighted by Gasteiger charge is -2.10. The first-order chi connectivity index (χ1) is 7.15. The van der Waals surface area contributed by atoms with Crippen molar-refractivity contribution < 1.29 is 23.5 Å². The molecule has 0 radical (unpaired) electrons. The molecule has 0 aliphatic carbocycles. The minimum Gasteiger partial charge on any atom is -0.465 e. The number of hydrogen-bond acceptors (Lipinski definition) is 6. The van der Waals surface area contributed by atoms with Gasteiger partial charge in [-0.05, 0) is 15.9 Å². The van der Waals surface area contributed by atoms with Gasteiger partial charge in [0.05, 0.1) is 7.11 Å². The molecule has 1 rings (SSSR count). The van der Waals surface area contributed by atoms with Crippen LogP contribution in [0, 0.1) is 0 Å². The van der Waals surface area contributed by atoms with E-state index in [4.69, 9.17) is 14.0 Å². The van der Waals surface area contributed by atoms with Crippen LogP contribution in [0.1, 0.15) is 22.4 Å². The summed E-state index contributed by atoms with van der Waals surface area (Å²) in [6.07, 6.45) is -0.794. The number of aromatic nitrogens is 1. The highest BCUT2D eigenvalue weighted by Gasteiger charge is 2.28. The van der Waals surface area contributed by atoms with Crippen LogP contribution in [0.15, 0.2) is 9.13 Å². The maximum atomic E-state index is 11.4. The highest BCUT2D eigenvalue weighted by molar-refractivity contribution is 9.10. The fourth-order valence-electron chi connectivity index (χ4n) is 1.04. The number of esters is 1. The highest BCUT2D eigenvalue weighted by atomic mass is 79.9. The Labute approximate surface area is 94.6 Å². The molecule has 0 spiro atoms. The summed E-state index contributed by atoms with van der Waals surface area (Å²) in [5.41, 5.74) is 0.159. The van der Waals surface area contributed by atoms with Crippen LogP contribution in [-0.2, 0) is 14.2 Å². The molecule has 1 heterocycles. The van der Waals surface area contributed by atoms with Crippen LogP contribution >= 0.6 is 15.9 Å². The summed E-state index contributed by atoms with van der Waals surface area (Å²) in [6, 6.07) is 0. The van der Waals surface area contributed by atoms with E-state index in [1.54, 1.807) is 0 Å². The third-order valence-corrected chi connectivity index (χ3v) is 2.25. The first-order valence-corrected chi connectivity index (χ1v) is 4.74. The van der Waals surface area contributed by atoms with Crippen LogP contribution in [0.5, 0.6) is 0 Å². The van der Waals surface area contributed by atoms with Gasteiger partial charge in [0.15, 0.2) is 4.60 Å². The maximum absolute atomic E-state index is 11.4. The first kappa shape index (κ1) is 12.2. The Hall–Kier alpha value is -0.920. The second-order valence-corrected chi connectivity index (χ2v) is 3.26. The fraction of sp³-hybridized carbons (Fsp3) is 0.500. The molecule has 0 saturated heterocycles. The normalized spacial score (nSPS) is 10.7. The van der Waals surface area contributed by atoms with E-state index < -0.39 is 12.3 Å². The van der Waals surface area contributed by atoms with Crippen LogP contribution in [0.4, 0.5) is 0 Å². The molecule has 84 valence electrons. The number of methoxy groups -OCH3 is 3. The van der Waals surface area contributed by atoms with Crippen LogP contribution in [0.3, 0.4) is 0 Å². The zero-order valence-corrected chi connectivity index (χ0v) is 10.0. The smallest absolute Gasteiger partial charge is 0.344 e. The second-order valence-electron chi connectivity index (χ2n) is 2.51. The first-order valence-electron chi connectivity index (χ1n) is 3.94. The Kier molecular flexibility index (Phi) is 4.25. The Bertz CT molecular complexity index is 347. The maximum Gasteiger partial charge on any atom is 0.344 e. The van der Waals surface area contributed by atoms with Crippen LogP contribution in [0.2, 0.25) is 0 Å². The fourth-order valence-corrected chi connectivity index (χ4v) is 1.47. The van der Waals surface area contributed by atoms with E-state index in [9.17, 15) is 4.79 Å². The third-order valence-electron chi connectivity index (χ3n) is 1.71. The lowest BCUT2D eigenvalue weighted by Crippen LogP contribution is -2.10. The van der Waals surface area contributed by atoms with Gasteiger partial charge >= 0.3 is 5.97 Å². The van der Waals surface area contributed by atoms with Crippen molar-refractivity contribution in [1.82, 2.24) is 5.16 Å². The SMILES string of the molecule is COC(=O)c1c(Br)noc1C(OC)OC. The van der Waals surface area contributed by atoms with Crippen molar-refractivity contribution in [1.29, 1.82) is 0 Å². The number of carbonyl (C=O) groups is 1. The molecule has 1 aromatic rings. The number of carbonyl (C=O) groups excluding carboxylic acids is 1. The lowest BCUT2D eigenvalue weighted by molar-refractivity contribution is -0.120. The van der Waals surface area contributed by atoms with Crippen LogP contribution in [-0.4, -0.2) is 32.5 Å². The Morgan fingerprint density at radius 3 is 2.47 bits per heavy atom. The molecule has 0 aromatic carbocycles. The zero-order valence-electron chi connectivity index (χ0n) is 8.44. The molecule has 6 nitrogen and oxygen atoms in total. The van der Waals surface area contributed by atoms with Gasteiger partial charge in [-0.3, -0.25) is 0 Å². The van der Waals surface area contributed by atoms with Gasteiger partial charge in [0.2, 0.25) is 12.1 Å². The number of ether oxygens (including phenoxy) is 3. The van der Waals surface area contributed by atoms with Gasteiger partial charge in [0.1, 0.15) is 5.56 Å². The molecule has 0 amide bonds. The van der Waals surface area contributed by atoms with Crippen molar-refractivity contribution >= 4 is 21.9 Å². The molecular weight excluding hydrogens is 270 g/mol. The molecule has 0 N–H and O–H groups in total. The summed E-state index contributed by atoms with van der Waals surface area (Å²) < 4.78 is 19.6. The quantitative estimate of drug-likeness (QED) is 0.615. The molecule has 0 atom stereocenters. The van der Waals surface area contributed by atoms with Gasteiger partial charge in [-0.15, -0.1) is 0 Å². The Morgan fingerprint density at radius 2 is 2.00 bits per heavy atom. The Balaban J connectivity index is 3.13. The average Bonchev–Trinajstić information content (AvgIpc) is 2.61. The summed E-state index contributed by atoms with van der Waals surface area (Å²) >= 11 is 3.07. The van der Waals surface area contributed by atoms with E-state index in [1.807, 2.05) is 0 Å². The summed E-state index contributed by atoms with van der Waals surface area (Å²) in [5, 5.41) is 3.58. The number of rotatable bonds is 4. The van der Waals surface area contributed by atoms with Crippen molar-refractivity contribution in [2.75, 3.05) is 21.3 Å². The summed E-state index contributed by atoms with van der Waals surface area (Å²) in [6.45, 7) is 0. The minimum atomic E-state index is -0.794. The van der Waals surface area contributed by atoms with Gasteiger partial charge in [0, 0.05) is 14.2 Å². The standard InChI is InChI=1S/C8H10BrNO5/c1-12-7(11)4-5(8(13-2)14-3)15-10-6(4)9/h8H,1-3H3. The van der Waals surface area contributed by atoms with Crippen molar-refractivity contribution in [3.8, 4) is 0 Å². The van der Waals surface area contributed by atoms with Crippen molar-refractivity contribution in [3.63, 3.8) is 0 Å². The van der Waals surface area contributed by atoms with E-state index in [2.05, 4.69) is 25.8 Å². The molecular formula is C8H10BrNO5. The van der Waals surface area contributed by atoms with Crippen molar-refractivity contribution in [2.45, 2.75) is 6.29 Å². The van der Waals surface area contributed by atoms with E-state index in [-0.39, 0.29) is 15.9 Å². The van der Waals surface area contributed by atoms with Gasteiger partial charge < -0.3 is 18.7 Å². The molecule has 0 bridgehead atoms. The number of hydrogen-bond donors (Lipinski definition) is 0. The molecule has 0 aliphatic rings. The Morgan fingerprint density at radius 1 is 1.40 bits per heavy atom. The van der Waals surface area contributed by atoms with E-state index in [0.717, 1.165) is 0 Å². The van der Waals surface area contributed by atoms with Crippen molar-refractivity contribution in [3.05, 3.63) is 15.9 Å². The summed E-state index contributed by atoms with van der Waals surface area (Å²) in [5.74, 6) is -0.407. The third kappa shape index (κ3) is 2.36. The predicted molar refractivity (Wildman–Crippen MR) is 52.3 cm³/mol. The average molecular weight is 280 g/mol. The molecule has 0 aliphatic heterocycles. The second kappa shape index (κ2) is 5.24. The van der Waals surface area contributed by atoms with Crippen LogP contribution in [0.25, 0.3) is 0 Å². The number of halogens is 1. The van der Waals surface area contributed by atoms with Gasteiger partial charge in [-0.2, -0.15) is 0 Å². The highest BCUT2D eigenvalue weighted by Crippen LogP contribution is 2.27. The topological polar surface area (TPSA) is 70.8 Å².